The topological polar surface area (TPSA) is 66.7 Å². The maximum atomic E-state index is 13.5. The number of para-hydroxylation sites is 1. The number of amides is 2. The summed E-state index contributed by atoms with van der Waals surface area (Å²) < 4.78 is 5.22. The molecule has 4 aromatic rings. The van der Waals surface area contributed by atoms with Crippen molar-refractivity contribution in [3.05, 3.63) is 89.9 Å². The van der Waals surface area contributed by atoms with Crippen molar-refractivity contribution in [3.8, 4) is 11.3 Å². The number of furan rings is 1. The lowest BCUT2D eigenvalue weighted by atomic mass is 10.0. The van der Waals surface area contributed by atoms with E-state index >= 15 is 0 Å². The van der Waals surface area contributed by atoms with Gasteiger partial charge in [-0.2, -0.15) is 0 Å². The van der Waals surface area contributed by atoms with Gasteiger partial charge in [-0.3, -0.25) is 9.59 Å². The van der Waals surface area contributed by atoms with Crippen LogP contribution in [0.1, 0.15) is 26.5 Å². The number of benzene rings is 2. The van der Waals surface area contributed by atoms with E-state index in [4.69, 9.17) is 9.40 Å². The highest BCUT2D eigenvalue weighted by atomic mass is 16.3. The molecular weight excluding hydrogens is 402 g/mol. The summed E-state index contributed by atoms with van der Waals surface area (Å²) in [6.45, 7) is 3.94. The Morgan fingerprint density at radius 3 is 2.22 bits per heavy atom. The van der Waals surface area contributed by atoms with E-state index in [0.717, 1.165) is 22.2 Å². The zero-order valence-corrected chi connectivity index (χ0v) is 17.8. The molecule has 0 bridgehead atoms. The minimum absolute atomic E-state index is 0.0398. The van der Waals surface area contributed by atoms with Crippen molar-refractivity contribution in [2.75, 3.05) is 26.2 Å². The van der Waals surface area contributed by atoms with Crippen LogP contribution in [0.2, 0.25) is 0 Å². The summed E-state index contributed by atoms with van der Waals surface area (Å²) in [6, 6.07) is 21.1. The zero-order chi connectivity index (χ0) is 22.1. The fourth-order valence-corrected chi connectivity index (χ4v) is 4.06. The van der Waals surface area contributed by atoms with Crippen molar-refractivity contribution in [2.45, 2.75) is 6.92 Å². The van der Waals surface area contributed by atoms with Crippen LogP contribution in [0.15, 0.2) is 77.4 Å². The van der Waals surface area contributed by atoms with Gasteiger partial charge in [-0.15, -0.1) is 0 Å². The number of hydrogen-bond donors (Lipinski definition) is 0. The van der Waals surface area contributed by atoms with Crippen LogP contribution < -0.4 is 0 Å². The van der Waals surface area contributed by atoms with Gasteiger partial charge < -0.3 is 14.2 Å². The average molecular weight is 425 g/mol. The fourth-order valence-electron chi connectivity index (χ4n) is 4.06. The Morgan fingerprint density at radius 2 is 1.53 bits per heavy atom. The predicted octanol–water partition coefficient (Wildman–Crippen LogP) is 4.40. The van der Waals surface area contributed by atoms with Crippen LogP contribution in [-0.4, -0.2) is 52.8 Å². The summed E-state index contributed by atoms with van der Waals surface area (Å²) in [5.41, 5.74) is 4.35. The largest absolute Gasteiger partial charge is 0.459 e. The molecule has 0 aliphatic carbocycles. The summed E-state index contributed by atoms with van der Waals surface area (Å²) in [4.78, 5) is 34.4. The second-order valence-corrected chi connectivity index (χ2v) is 8.00. The van der Waals surface area contributed by atoms with Crippen LogP contribution in [0.4, 0.5) is 0 Å². The van der Waals surface area contributed by atoms with Crippen molar-refractivity contribution < 1.29 is 14.0 Å². The minimum Gasteiger partial charge on any atom is -0.459 e. The first-order chi connectivity index (χ1) is 15.6. The van der Waals surface area contributed by atoms with Gasteiger partial charge in [-0.1, -0.05) is 48.0 Å². The fraction of sp³-hybridized carbons (Fsp3) is 0.192. The minimum atomic E-state index is -0.141. The molecule has 0 spiro atoms. The zero-order valence-electron chi connectivity index (χ0n) is 17.8. The van der Waals surface area contributed by atoms with Crippen molar-refractivity contribution in [3.63, 3.8) is 0 Å². The van der Waals surface area contributed by atoms with Gasteiger partial charge in [0.1, 0.15) is 0 Å². The third-order valence-electron chi connectivity index (χ3n) is 5.88. The number of rotatable bonds is 3. The van der Waals surface area contributed by atoms with Crippen LogP contribution in [0.3, 0.4) is 0 Å². The van der Waals surface area contributed by atoms with E-state index in [1.165, 1.54) is 11.8 Å². The first-order valence-electron chi connectivity index (χ1n) is 10.7. The first kappa shape index (κ1) is 20.0. The number of nitrogens with zero attached hydrogens (tertiary/aromatic N) is 3. The molecule has 2 aromatic carbocycles. The second-order valence-electron chi connectivity index (χ2n) is 8.00. The van der Waals surface area contributed by atoms with Crippen molar-refractivity contribution >= 4 is 22.7 Å². The monoisotopic (exact) mass is 425 g/mol. The third kappa shape index (κ3) is 3.75. The molecule has 32 heavy (non-hydrogen) atoms. The number of carbonyl (C=O) groups is 2. The number of hydrogen-bond acceptors (Lipinski definition) is 4. The number of fused-ring (bicyclic) bond motifs is 1. The molecule has 3 heterocycles. The Labute approximate surface area is 186 Å². The maximum absolute atomic E-state index is 13.5. The highest BCUT2D eigenvalue weighted by Crippen LogP contribution is 2.26. The molecule has 1 aliphatic rings. The van der Waals surface area contributed by atoms with Crippen molar-refractivity contribution in [1.29, 1.82) is 0 Å². The summed E-state index contributed by atoms with van der Waals surface area (Å²) >= 11 is 0. The molecule has 0 N–H and O–H groups in total. The Hall–Kier alpha value is -3.93. The Morgan fingerprint density at radius 1 is 0.844 bits per heavy atom. The van der Waals surface area contributed by atoms with Crippen LogP contribution in [0, 0.1) is 6.92 Å². The van der Waals surface area contributed by atoms with Gasteiger partial charge in [0.05, 0.1) is 23.0 Å². The number of pyridine rings is 1. The molecule has 0 radical (unpaired) electrons. The second kappa shape index (κ2) is 8.30. The van der Waals surface area contributed by atoms with E-state index in [9.17, 15) is 9.59 Å². The number of aryl methyl sites for hydroxylation is 1. The van der Waals surface area contributed by atoms with Gasteiger partial charge >= 0.3 is 0 Å². The van der Waals surface area contributed by atoms with Crippen LogP contribution >= 0.6 is 0 Å². The molecule has 2 aromatic heterocycles. The molecule has 5 rings (SSSR count). The lowest BCUT2D eigenvalue weighted by Gasteiger charge is -2.34. The van der Waals surface area contributed by atoms with E-state index in [1.54, 1.807) is 17.0 Å². The normalized spacial score (nSPS) is 14.0. The Bertz CT molecular complexity index is 1270. The summed E-state index contributed by atoms with van der Waals surface area (Å²) in [7, 11) is 0. The molecule has 2 amide bonds. The van der Waals surface area contributed by atoms with Crippen LogP contribution in [0.25, 0.3) is 22.2 Å². The molecule has 6 heteroatoms. The van der Waals surface area contributed by atoms with E-state index in [0.29, 0.717) is 37.5 Å². The quantitative estimate of drug-likeness (QED) is 0.488. The van der Waals surface area contributed by atoms with Gasteiger partial charge in [0.2, 0.25) is 0 Å². The van der Waals surface area contributed by atoms with Crippen molar-refractivity contribution in [2.24, 2.45) is 0 Å². The lowest BCUT2D eigenvalue weighted by Crippen LogP contribution is -2.50. The molecular formula is C26H23N3O3. The first-order valence-corrected chi connectivity index (χ1v) is 10.7. The molecule has 6 nitrogen and oxygen atoms in total. The molecule has 0 saturated carbocycles. The highest BCUT2D eigenvalue weighted by molar-refractivity contribution is 6.07. The van der Waals surface area contributed by atoms with Gasteiger partial charge in [0, 0.05) is 37.1 Å². The maximum Gasteiger partial charge on any atom is 0.289 e. The summed E-state index contributed by atoms with van der Waals surface area (Å²) in [5.74, 6) is 0.146. The number of carbonyl (C=O) groups excluding carboxylic acids is 2. The average Bonchev–Trinajstić information content (AvgIpc) is 3.38. The molecule has 1 saturated heterocycles. The standard InChI is InChI=1S/C26H23N3O3/c1-18-8-10-19(11-9-18)23-17-21(20-5-2-3-6-22(20)27-23)25(30)28-12-14-29(15-13-28)26(31)24-7-4-16-32-24/h2-11,16-17H,12-15H2,1H3. The van der Waals surface area contributed by atoms with E-state index < -0.39 is 0 Å². The molecule has 0 unspecified atom stereocenters. The molecule has 1 aliphatic heterocycles. The van der Waals surface area contributed by atoms with Gasteiger partial charge in [-0.25, -0.2) is 4.98 Å². The van der Waals surface area contributed by atoms with Gasteiger partial charge in [-0.05, 0) is 31.2 Å². The van der Waals surface area contributed by atoms with E-state index in [1.807, 2.05) is 66.4 Å². The highest BCUT2D eigenvalue weighted by Gasteiger charge is 2.27. The third-order valence-corrected chi connectivity index (χ3v) is 5.88. The van der Waals surface area contributed by atoms with Crippen molar-refractivity contribution in [1.82, 2.24) is 14.8 Å². The lowest BCUT2D eigenvalue weighted by molar-refractivity contribution is 0.0519. The molecule has 1 fully saturated rings. The Balaban J connectivity index is 1.42. The smallest absolute Gasteiger partial charge is 0.289 e. The number of piperazine rings is 1. The van der Waals surface area contributed by atoms with Crippen LogP contribution in [0.5, 0.6) is 0 Å². The van der Waals surface area contributed by atoms with E-state index in [-0.39, 0.29) is 11.8 Å². The SMILES string of the molecule is Cc1ccc(-c2cc(C(=O)N3CCN(C(=O)c4ccco4)CC3)c3ccccc3n2)cc1. The molecule has 160 valence electrons. The van der Waals surface area contributed by atoms with E-state index in [2.05, 4.69) is 0 Å². The molecule has 0 atom stereocenters. The van der Waals surface area contributed by atoms with Crippen LogP contribution in [-0.2, 0) is 0 Å². The summed E-state index contributed by atoms with van der Waals surface area (Å²) in [6.07, 6.45) is 1.49. The number of aromatic nitrogens is 1. The summed E-state index contributed by atoms with van der Waals surface area (Å²) in [5, 5.41) is 0.836. The van der Waals surface area contributed by atoms with Gasteiger partial charge in [0.25, 0.3) is 11.8 Å². The van der Waals surface area contributed by atoms with Gasteiger partial charge in [0.15, 0.2) is 5.76 Å². The Kier molecular flexibility index (Phi) is 5.19. The predicted molar refractivity (Wildman–Crippen MR) is 122 cm³/mol.